The van der Waals surface area contributed by atoms with E-state index in [2.05, 4.69) is 34.5 Å². The van der Waals surface area contributed by atoms with Crippen LogP contribution in [-0.4, -0.2) is 34.1 Å². The minimum atomic E-state index is -1.05. The van der Waals surface area contributed by atoms with E-state index < -0.39 is 17.7 Å². The van der Waals surface area contributed by atoms with Gasteiger partial charge in [-0.15, -0.1) is 10.2 Å². The molecule has 284 valence electrons. The number of nitrogens with zero attached hydrogens (tertiary/aromatic N) is 3. The summed E-state index contributed by atoms with van der Waals surface area (Å²) in [7, 11) is 1.53. The van der Waals surface area contributed by atoms with Crippen molar-refractivity contribution in [1.29, 1.82) is 0 Å². The molecule has 1 aliphatic rings. The van der Waals surface area contributed by atoms with Gasteiger partial charge in [0.25, 0.3) is 5.78 Å². The number of ketones is 1. The maximum Gasteiger partial charge on any atom is 0.301 e. The highest BCUT2D eigenvalue weighted by atomic mass is 32.2. The van der Waals surface area contributed by atoms with Gasteiger partial charge in [0.05, 0.1) is 18.7 Å². The lowest BCUT2D eigenvalue weighted by Gasteiger charge is -2.23. The molecule has 0 bridgehead atoms. The van der Waals surface area contributed by atoms with Crippen molar-refractivity contribution < 1.29 is 28.9 Å². The number of Topliss-reactive ketones (excluding diaryl/α,β-unsaturated/α-hetero) is 1. The number of amides is 1. The van der Waals surface area contributed by atoms with Gasteiger partial charge >= 0.3 is 5.91 Å². The molecule has 1 N–H and O–H groups in total. The van der Waals surface area contributed by atoms with Gasteiger partial charge in [0.2, 0.25) is 5.13 Å². The van der Waals surface area contributed by atoms with Crippen molar-refractivity contribution in [3.8, 4) is 17.2 Å². The Morgan fingerprint density at radius 3 is 2.32 bits per heavy atom. The summed E-state index contributed by atoms with van der Waals surface area (Å²) in [6.07, 6.45) is 0. The van der Waals surface area contributed by atoms with Gasteiger partial charge in [-0.1, -0.05) is 126 Å². The first kappa shape index (κ1) is 37.5. The molecule has 7 aromatic rings. The third-order valence-electron chi connectivity index (χ3n) is 9.80. The number of methoxy groups -OCH3 is 1. The number of thioether (sulfide) groups is 1. The molecule has 2 heterocycles. The van der Waals surface area contributed by atoms with Crippen LogP contribution < -0.4 is 19.1 Å². The van der Waals surface area contributed by atoms with Crippen molar-refractivity contribution in [3.05, 3.63) is 178 Å². The largest absolute Gasteiger partial charge is 0.507 e. The number of anilines is 1. The minimum Gasteiger partial charge on any atom is -0.507 e. The van der Waals surface area contributed by atoms with Gasteiger partial charge in [-0.2, -0.15) is 0 Å². The third-order valence-corrected chi connectivity index (χ3v) is 11.9. The van der Waals surface area contributed by atoms with Gasteiger partial charge in [-0.25, -0.2) is 0 Å². The third kappa shape index (κ3) is 7.98. The monoisotopic (exact) mass is 791 g/mol. The van der Waals surface area contributed by atoms with Crippen molar-refractivity contribution in [2.24, 2.45) is 0 Å². The normalized spacial score (nSPS) is 14.9. The molecule has 1 unspecified atom stereocenters. The van der Waals surface area contributed by atoms with Gasteiger partial charge < -0.3 is 19.3 Å². The van der Waals surface area contributed by atoms with Crippen LogP contribution in [0.25, 0.3) is 16.5 Å². The van der Waals surface area contributed by atoms with Crippen molar-refractivity contribution in [2.45, 2.75) is 36.3 Å². The molecule has 1 atom stereocenters. The van der Waals surface area contributed by atoms with E-state index in [9.17, 15) is 14.7 Å². The Morgan fingerprint density at radius 1 is 0.772 bits per heavy atom. The van der Waals surface area contributed by atoms with E-state index in [-0.39, 0.29) is 16.5 Å². The van der Waals surface area contributed by atoms with E-state index in [0.717, 1.165) is 33.0 Å². The number of rotatable bonds is 13. The van der Waals surface area contributed by atoms with E-state index in [1.807, 2.05) is 79.7 Å². The Balaban J connectivity index is 1.12. The molecule has 8 rings (SSSR count). The molecule has 1 aromatic heterocycles. The molecule has 1 aliphatic heterocycles. The highest BCUT2D eigenvalue weighted by Gasteiger charge is 2.48. The first-order valence-electron chi connectivity index (χ1n) is 18.2. The maximum atomic E-state index is 14.0. The average Bonchev–Trinajstić information content (AvgIpc) is 3.83. The number of carbonyl (C=O) groups excluding carboxylic acids is 2. The number of aryl methyl sites for hydroxylation is 1. The maximum absolute atomic E-state index is 14.0. The number of benzene rings is 6. The Labute approximate surface area is 338 Å². The molecule has 0 aliphatic carbocycles. The molecule has 0 spiro atoms. The van der Waals surface area contributed by atoms with E-state index in [1.54, 1.807) is 42.5 Å². The van der Waals surface area contributed by atoms with Crippen molar-refractivity contribution >= 4 is 56.5 Å². The zero-order valence-electron chi connectivity index (χ0n) is 31.1. The lowest BCUT2D eigenvalue weighted by atomic mass is 9.95. The molecule has 1 saturated heterocycles. The predicted molar refractivity (Wildman–Crippen MR) is 224 cm³/mol. The average molecular weight is 792 g/mol. The van der Waals surface area contributed by atoms with Crippen LogP contribution in [0.1, 0.15) is 39.4 Å². The quantitative estimate of drug-likeness (QED) is 0.0401. The van der Waals surface area contributed by atoms with E-state index in [0.29, 0.717) is 51.7 Å². The Kier molecular flexibility index (Phi) is 11.0. The molecule has 1 amide bonds. The summed E-state index contributed by atoms with van der Waals surface area (Å²) in [4.78, 5) is 29.4. The summed E-state index contributed by atoms with van der Waals surface area (Å²) in [6, 6.07) is 43.1. The molecular formula is C46H37N3O6S2. The second-order valence-electron chi connectivity index (χ2n) is 13.4. The van der Waals surface area contributed by atoms with Gasteiger partial charge in [-0.3, -0.25) is 14.5 Å². The topological polar surface area (TPSA) is 111 Å². The van der Waals surface area contributed by atoms with Crippen molar-refractivity contribution in [2.75, 3.05) is 12.0 Å². The molecule has 6 aromatic carbocycles. The minimum absolute atomic E-state index is 0.0891. The first-order chi connectivity index (χ1) is 27.9. The number of aliphatic hydroxyl groups excluding tert-OH is 1. The van der Waals surface area contributed by atoms with Gasteiger partial charge in [0.15, 0.2) is 15.8 Å². The first-order valence-corrected chi connectivity index (χ1v) is 20.0. The lowest BCUT2D eigenvalue weighted by Crippen LogP contribution is -2.29. The van der Waals surface area contributed by atoms with Crippen LogP contribution in [0.15, 0.2) is 149 Å². The molecule has 0 saturated carbocycles. The number of aliphatic hydroxyl groups is 1. The lowest BCUT2D eigenvalue weighted by molar-refractivity contribution is -0.132. The van der Waals surface area contributed by atoms with E-state index >= 15 is 0 Å². The smallest absolute Gasteiger partial charge is 0.301 e. The van der Waals surface area contributed by atoms with Crippen molar-refractivity contribution in [3.63, 3.8) is 0 Å². The highest BCUT2D eigenvalue weighted by Crippen LogP contribution is 2.46. The van der Waals surface area contributed by atoms with Crippen LogP contribution in [0.5, 0.6) is 17.2 Å². The zero-order valence-corrected chi connectivity index (χ0v) is 32.8. The van der Waals surface area contributed by atoms with Crippen LogP contribution in [0.3, 0.4) is 0 Å². The molecular weight excluding hydrogens is 755 g/mol. The summed E-state index contributed by atoms with van der Waals surface area (Å²) >= 11 is 2.71. The zero-order chi connectivity index (χ0) is 39.3. The van der Waals surface area contributed by atoms with Gasteiger partial charge in [0, 0.05) is 11.3 Å². The summed E-state index contributed by atoms with van der Waals surface area (Å²) in [5.74, 6) is 0.0875. The second-order valence-corrected chi connectivity index (χ2v) is 15.5. The summed E-state index contributed by atoms with van der Waals surface area (Å²) < 4.78 is 18.5. The fourth-order valence-corrected chi connectivity index (χ4v) is 8.64. The Bertz CT molecular complexity index is 2600. The van der Waals surface area contributed by atoms with E-state index in [4.69, 9.17) is 14.2 Å². The van der Waals surface area contributed by atoms with Crippen LogP contribution in [-0.2, 0) is 28.6 Å². The summed E-state index contributed by atoms with van der Waals surface area (Å²) in [6.45, 7) is 2.71. The highest BCUT2D eigenvalue weighted by molar-refractivity contribution is 8.00. The number of hydrogen-bond acceptors (Lipinski definition) is 10. The molecule has 57 heavy (non-hydrogen) atoms. The summed E-state index contributed by atoms with van der Waals surface area (Å²) in [5, 5.41) is 23.2. The fourth-order valence-electron chi connectivity index (χ4n) is 6.77. The molecule has 9 nitrogen and oxygen atoms in total. The van der Waals surface area contributed by atoms with Gasteiger partial charge in [-0.05, 0) is 81.9 Å². The van der Waals surface area contributed by atoms with Crippen LogP contribution in [0.4, 0.5) is 5.13 Å². The number of carbonyl (C=O) groups is 2. The molecule has 1 fully saturated rings. The molecule has 0 radical (unpaired) electrons. The number of fused-ring (bicyclic) bond motifs is 1. The van der Waals surface area contributed by atoms with Crippen molar-refractivity contribution in [1.82, 2.24) is 10.2 Å². The number of ether oxygens (including phenoxy) is 3. The SMILES string of the molecule is COc1cc(C2C(=C(O)c3ccc(OCc4ccccc4C)cc3)C(=O)C(=O)N2c2nnc(SCc3cccc4ccccc34)s2)ccc1OCc1ccccc1. The Morgan fingerprint density at radius 2 is 1.51 bits per heavy atom. The van der Waals surface area contributed by atoms with E-state index in [1.165, 1.54) is 35.1 Å². The Hall–Kier alpha value is -6.43. The fraction of sp³-hybridized carbons (Fsp3) is 0.130. The second kappa shape index (κ2) is 16.7. The summed E-state index contributed by atoms with van der Waals surface area (Å²) in [5.41, 5.74) is 5.07. The standard InChI is InChI=1S/C46H37N3O6S2/c1-29-11-6-7-15-34(29)27-54-36-22-19-32(20-23-36)42(50)40-41(33-21-24-38(39(25-33)53-2)55-26-30-12-4-3-5-13-30)49(44(52)43(40)51)45-47-48-46(57-45)56-28-35-17-10-16-31-14-8-9-18-37(31)35/h3-25,41,50H,26-28H2,1-2H3. The number of hydrogen-bond donors (Lipinski definition) is 1. The van der Waals surface area contributed by atoms with Crippen LogP contribution >= 0.6 is 23.1 Å². The van der Waals surface area contributed by atoms with Crippen LogP contribution in [0, 0.1) is 6.92 Å². The number of aromatic nitrogens is 2. The van der Waals surface area contributed by atoms with Crippen LogP contribution in [0.2, 0.25) is 0 Å². The molecule has 11 heteroatoms. The predicted octanol–water partition coefficient (Wildman–Crippen LogP) is 10.1. The van der Waals surface area contributed by atoms with Gasteiger partial charge in [0.1, 0.15) is 24.7 Å².